The highest BCUT2D eigenvalue weighted by atomic mass is 16.7. The van der Waals surface area contributed by atoms with E-state index in [1.165, 1.54) is 11.1 Å². The van der Waals surface area contributed by atoms with Gasteiger partial charge in [-0.2, -0.15) is 0 Å². The summed E-state index contributed by atoms with van der Waals surface area (Å²) in [5, 5.41) is 5.78. The zero-order valence-corrected chi connectivity index (χ0v) is 20.5. The van der Waals surface area contributed by atoms with E-state index in [1.807, 2.05) is 24.3 Å². The Balaban J connectivity index is 1.43. The van der Waals surface area contributed by atoms with Crippen LogP contribution >= 0.6 is 0 Å². The summed E-state index contributed by atoms with van der Waals surface area (Å²) in [6.07, 6.45) is 0. The van der Waals surface area contributed by atoms with Gasteiger partial charge in [-0.15, -0.1) is 0 Å². The second-order valence-electron chi connectivity index (χ2n) is 10.2. The van der Waals surface area contributed by atoms with E-state index in [0.29, 0.717) is 0 Å². The molecular formula is C30H28BNO3. The molecule has 0 aliphatic carbocycles. The molecule has 0 saturated carbocycles. The molecule has 1 saturated heterocycles. The smallest absolute Gasteiger partial charge is 0.456 e. The Morgan fingerprint density at radius 1 is 0.629 bits per heavy atom. The van der Waals surface area contributed by atoms with Crippen molar-refractivity contribution in [2.75, 3.05) is 5.32 Å². The van der Waals surface area contributed by atoms with E-state index < -0.39 is 18.3 Å². The zero-order valence-electron chi connectivity index (χ0n) is 20.5. The van der Waals surface area contributed by atoms with Gasteiger partial charge in [0.1, 0.15) is 11.2 Å². The number of furan rings is 1. The first kappa shape index (κ1) is 22.0. The normalized spacial score (nSPS) is 16.7. The number of para-hydroxylation sites is 1. The topological polar surface area (TPSA) is 43.6 Å². The minimum Gasteiger partial charge on any atom is -0.456 e. The summed E-state index contributed by atoms with van der Waals surface area (Å²) in [7, 11) is -0.510. The number of benzene rings is 4. The van der Waals surface area contributed by atoms with Gasteiger partial charge < -0.3 is 19.0 Å². The second kappa shape index (κ2) is 8.01. The van der Waals surface area contributed by atoms with Crippen molar-refractivity contribution in [2.24, 2.45) is 0 Å². The summed E-state index contributed by atoms with van der Waals surface area (Å²) >= 11 is 0. The SMILES string of the molecule is CC1(C)OB(c2cc3oc4ccccc4c3cc2Nc2ccc(-c3ccccc3)cc2)OC1(C)C. The molecule has 1 fully saturated rings. The van der Waals surface area contributed by atoms with Crippen LogP contribution in [0.5, 0.6) is 0 Å². The van der Waals surface area contributed by atoms with Gasteiger partial charge in [-0.3, -0.25) is 0 Å². The van der Waals surface area contributed by atoms with Crippen molar-refractivity contribution < 1.29 is 13.7 Å². The van der Waals surface area contributed by atoms with Gasteiger partial charge in [-0.1, -0.05) is 60.7 Å². The number of hydrogen-bond acceptors (Lipinski definition) is 4. The maximum atomic E-state index is 6.42. The maximum Gasteiger partial charge on any atom is 0.497 e. The largest absolute Gasteiger partial charge is 0.497 e. The fourth-order valence-corrected chi connectivity index (χ4v) is 4.59. The first-order valence-corrected chi connectivity index (χ1v) is 12.0. The lowest BCUT2D eigenvalue weighted by atomic mass is 9.77. The predicted octanol–water partition coefficient (Wildman–Crippen LogP) is 7.30. The minimum absolute atomic E-state index is 0.435. The zero-order chi connectivity index (χ0) is 24.2. The third-order valence-electron chi connectivity index (χ3n) is 7.33. The number of anilines is 2. The molecule has 0 atom stereocenters. The summed E-state index contributed by atoms with van der Waals surface area (Å²) in [4.78, 5) is 0. The molecule has 2 heterocycles. The molecule has 4 aromatic carbocycles. The van der Waals surface area contributed by atoms with Crippen molar-refractivity contribution in [2.45, 2.75) is 38.9 Å². The van der Waals surface area contributed by atoms with Gasteiger partial charge in [0.15, 0.2) is 0 Å². The Labute approximate surface area is 206 Å². The Morgan fingerprint density at radius 2 is 1.26 bits per heavy atom. The Morgan fingerprint density at radius 3 is 1.97 bits per heavy atom. The van der Waals surface area contributed by atoms with E-state index in [-0.39, 0.29) is 0 Å². The van der Waals surface area contributed by atoms with Crippen molar-refractivity contribution in [3.63, 3.8) is 0 Å². The van der Waals surface area contributed by atoms with Gasteiger partial charge in [-0.05, 0) is 69.2 Å². The number of nitrogens with one attached hydrogen (secondary N) is 1. The summed E-state index contributed by atoms with van der Waals surface area (Å²) < 4.78 is 19.0. The lowest BCUT2D eigenvalue weighted by molar-refractivity contribution is 0.00578. The third-order valence-corrected chi connectivity index (χ3v) is 7.33. The molecule has 0 amide bonds. The van der Waals surface area contributed by atoms with Gasteiger partial charge in [-0.25, -0.2) is 0 Å². The highest BCUT2D eigenvalue weighted by molar-refractivity contribution is 6.64. The predicted molar refractivity (Wildman–Crippen MR) is 145 cm³/mol. The van der Waals surface area contributed by atoms with Crippen LogP contribution < -0.4 is 10.8 Å². The summed E-state index contributed by atoms with van der Waals surface area (Å²) in [5.74, 6) is 0. The minimum atomic E-state index is -0.510. The van der Waals surface area contributed by atoms with Gasteiger partial charge in [0.25, 0.3) is 0 Å². The maximum absolute atomic E-state index is 6.42. The number of rotatable bonds is 4. The molecule has 174 valence electrons. The molecule has 0 unspecified atom stereocenters. The lowest BCUT2D eigenvalue weighted by Gasteiger charge is -2.32. The number of hydrogen-bond donors (Lipinski definition) is 1. The molecule has 1 aliphatic heterocycles. The molecule has 6 rings (SSSR count). The fourth-order valence-electron chi connectivity index (χ4n) is 4.59. The molecule has 1 N–H and O–H groups in total. The Kier molecular flexibility index (Phi) is 5.03. The molecule has 0 radical (unpaired) electrons. The summed E-state index contributed by atoms with van der Waals surface area (Å²) in [6.45, 7) is 8.29. The van der Waals surface area contributed by atoms with Crippen LogP contribution in [-0.4, -0.2) is 18.3 Å². The Hall–Kier alpha value is -3.54. The highest BCUT2D eigenvalue weighted by Gasteiger charge is 2.52. The molecule has 5 aromatic rings. The standard InChI is InChI=1S/C30H28BNO3/c1-29(2)30(3,4)35-31(34-29)25-19-28-24(23-12-8-9-13-27(23)33-28)18-26(25)32-22-16-14-21(15-17-22)20-10-6-5-7-11-20/h5-19,32H,1-4H3. The van der Waals surface area contributed by atoms with Crippen molar-refractivity contribution in [3.8, 4) is 11.1 Å². The van der Waals surface area contributed by atoms with Crippen LogP contribution in [0.1, 0.15) is 27.7 Å². The van der Waals surface area contributed by atoms with Crippen LogP contribution in [-0.2, 0) is 9.31 Å². The van der Waals surface area contributed by atoms with Crippen LogP contribution in [0, 0.1) is 0 Å². The van der Waals surface area contributed by atoms with E-state index in [4.69, 9.17) is 13.7 Å². The molecule has 4 nitrogen and oxygen atoms in total. The van der Waals surface area contributed by atoms with Crippen LogP contribution in [0.15, 0.2) is 95.4 Å². The average Bonchev–Trinajstić information content (AvgIpc) is 3.32. The van der Waals surface area contributed by atoms with Crippen molar-refractivity contribution >= 4 is 45.9 Å². The van der Waals surface area contributed by atoms with Gasteiger partial charge in [0.05, 0.1) is 11.2 Å². The molecule has 0 bridgehead atoms. The van der Waals surface area contributed by atoms with E-state index in [0.717, 1.165) is 38.8 Å². The van der Waals surface area contributed by atoms with Crippen LogP contribution in [0.2, 0.25) is 0 Å². The first-order chi connectivity index (χ1) is 16.8. The van der Waals surface area contributed by atoms with Gasteiger partial charge >= 0.3 is 7.12 Å². The van der Waals surface area contributed by atoms with Crippen molar-refractivity contribution in [1.29, 1.82) is 0 Å². The Bertz CT molecular complexity index is 1500. The van der Waals surface area contributed by atoms with Crippen molar-refractivity contribution in [3.05, 3.63) is 91.0 Å². The van der Waals surface area contributed by atoms with Gasteiger partial charge in [0, 0.05) is 27.6 Å². The third kappa shape index (κ3) is 3.81. The van der Waals surface area contributed by atoms with Crippen molar-refractivity contribution in [1.82, 2.24) is 0 Å². The molecule has 35 heavy (non-hydrogen) atoms. The molecule has 0 spiro atoms. The summed E-state index contributed by atoms with van der Waals surface area (Å²) in [5.41, 5.74) is 6.05. The van der Waals surface area contributed by atoms with Gasteiger partial charge in [0.2, 0.25) is 0 Å². The van der Waals surface area contributed by atoms with E-state index in [9.17, 15) is 0 Å². The monoisotopic (exact) mass is 461 g/mol. The molecule has 1 aliphatic rings. The van der Waals surface area contributed by atoms with E-state index >= 15 is 0 Å². The lowest BCUT2D eigenvalue weighted by Crippen LogP contribution is -2.41. The van der Waals surface area contributed by atoms with Crippen LogP contribution in [0.3, 0.4) is 0 Å². The second-order valence-corrected chi connectivity index (χ2v) is 10.2. The highest BCUT2D eigenvalue weighted by Crippen LogP contribution is 2.38. The van der Waals surface area contributed by atoms with E-state index in [2.05, 4.69) is 99.7 Å². The first-order valence-electron chi connectivity index (χ1n) is 12.0. The molecular weight excluding hydrogens is 433 g/mol. The van der Waals surface area contributed by atoms with Crippen LogP contribution in [0.25, 0.3) is 33.1 Å². The van der Waals surface area contributed by atoms with Crippen LogP contribution in [0.4, 0.5) is 11.4 Å². The average molecular weight is 461 g/mol. The quantitative estimate of drug-likeness (QED) is 0.285. The fraction of sp³-hybridized carbons (Fsp3) is 0.200. The molecule has 1 aromatic heterocycles. The number of fused-ring (bicyclic) bond motifs is 3. The van der Waals surface area contributed by atoms with E-state index in [1.54, 1.807) is 0 Å². The molecule has 5 heteroatoms. The summed E-state index contributed by atoms with van der Waals surface area (Å²) in [6, 6.07) is 31.2.